The van der Waals surface area contributed by atoms with Crippen LogP contribution in [0.5, 0.6) is 0 Å². The molecule has 144 valence electrons. The average molecular weight is 478 g/mol. The minimum Gasteiger partial charge on any atom is -1.00 e. The fourth-order valence-corrected chi connectivity index (χ4v) is 2.75. The molecule has 0 bridgehead atoms. The summed E-state index contributed by atoms with van der Waals surface area (Å²) in [6, 6.07) is 18.8. The van der Waals surface area contributed by atoms with E-state index in [4.69, 9.17) is 0 Å². The Balaban J connectivity index is 0. The minimum absolute atomic E-state index is 0. The van der Waals surface area contributed by atoms with Crippen LogP contribution >= 0.6 is 0 Å². The first-order valence-electron chi connectivity index (χ1n) is 8.59. The van der Waals surface area contributed by atoms with Gasteiger partial charge in [-0.1, -0.05) is 26.7 Å². The fraction of sp³-hybridized carbons (Fsp3) is 0.292. The van der Waals surface area contributed by atoms with Gasteiger partial charge in [0.25, 0.3) is 0 Å². The van der Waals surface area contributed by atoms with Crippen LogP contribution in [-0.4, -0.2) is 0 Å². The second kappa shape index (κ2) is 14.4. The third-order valence-electron chi connectivity index (χ3n) is 3.93. The molecule has 0 amide bonds. The van der Waals surface area contributed by atoms with Crippen LogP contribution in [0.25, 0.3) is 11.1 Å². The Morgan fingerprint density at radius 1 is 0.741 bits per heavy atom. The van der Waals surface area contributed by atoms with E-state index in [9.17, 15) is 0 Å². The molecule has 0 unspecified atom stereocenters. The average Bonchev–Trinajstić information content (AvgIpc) is 3.13. The van der Waals surface area contributed by atoms with Gasteiger partial charge in [0.15, 0.2) is 0 Å². The van der Waals surface area contributed by atoms with Crippen molar-refractivity contribution < 1.29 is 51.0 Å². The topological polar surface area (TPSA) is 0 Å². The van der Waals surface area contributed by atoms with E-state index < -0.39 is 0 Å². The maximum absolute atomic E-state index is 3.23. The predicted octanol–water partition coefficient (Wildman–Crippen LogP) is 0.518. The van der Waals surface area contributed by atoms with Gasteiger partial charge in [0.05, 0.1) is 0 Å². The second-order valence-corrected chi connectivity index (χ2v) is 6.82. The quantitative estimate of drug-likeness (QED) is 0.486. The largest absolute Gasteiger partial charge is 2.00 e. The molecular weight excluding hydrogens is 450 g/mol. The van der Waals surface area contributed by atoms with Gasteiger partial charge in [0, 0.05) is 0 Å². The Hall–Kier alpha value is -0.617. The number of hydrogen-bond donors (Lipinski definition) is 0. The van der Waals surface area contributed by atoms with Gasteiger partial charge in [-0.05, 0) is 0 Å². The number of hydrogen-bond acceptors (Lipinski definition) is 0. The van der Waals surface area contributed by atoms with E-state index in [1.807, 2.05) is 24.3 Å². The molecule has 0 heterocycles. The van der Waals surface area contributed by atoms with Crippen LogP contribution in [0.3, 0.4) is 0 Å². The van der Waals surface area contributed by atoms with Gasteiger partial charge >= 0.3 is 26.2 Å². The zero-order valence-corrected chi connectivity index (χ0v) is 20.8. The standard InChI is InChI=1S/2C10H9.C4H9.2ClH.Zr/c2*1-8-6-7-9-4-2-3-5-10(8)9;1-4(2)3;;;/h2*2-4,6H,7H2,1H3;1-3H3;2*1H;/q3*-1;;;+2/p-2. The Morgan fingerprint density at radius 2 is 1.07 bits per heavy atom. The van der Waals surface area contributed by atoms with Gasteiger partial charge in [-0.15, -0.1) is 94.1 Å². The van der Waals surface area contributed by atoms with Gasteiger partial charge < -0.3 is 30.7 Å². The molecule has 0 aromatic heterocycles. The summed E-state index contributed by atoms with van der Waals surface area (Å²) >= 11 is 0. The van der Waals surface area contributed by atoms with Crippen molar-refractivity contribution in [3.05, 3.63) is 88.9 Å². The van der Waals surface area contributed by atoms with Crippen molar-refractivity contribution in [3.63, 3.8) is 0 Å². The van der Waals surface area contributed by atoms with Crippen molar-refractivity contribution in [3.8, 4) is 0 Å². The molecule has 0 saturated heterocycles. The summed E-state index contributed by atoms with van der Waals surface area (Å²) in [6.07, 6.45) is 6.69. The third-order valence-corrected chi connectivity index (χ3v) is 3.93. The number of rotatable bonds is 0. The molecule has 2 aliphatic carbocycles. The van der Waals surface area contributed by atoms with Crippen LogP contribution in [0.15, 0.2) is 48.6 Å². The molecule has 0 nitrogen and oxygen atoms in total. The molecule has 2 aromatic carbocycles. The summed E-state index contributed by atoms with van der Waals surface area (Å²) in [4.78, 5) is 0. The molecule has 0 fully saturated rings. The van der Waals surface area contributed by atoms with E-state index in [0.717, 1.165) is 12.8 Å². The van der Waals surface area contributed by atoms with Crippen molar-refractivity contribution >= 4 is 11.1 Å². The first-order chi connectivity index (χ1) is 11.5. The molecule has 27 heavy (non-hydrogen) atoms. The van der Waals surface area contributed by atoms with Crippen molar-refractivity contribution in [2.75, 3.05) is 0 Å². The zero-order chi connectivity index (χ0) is 17.5. The van der Waals surface area contributed by atoms with Gasteiger partial charge in [-0.3, -0.25) is 0 Å². The molecule has 4 rings (SSSR count). The minimum atomic E-state index is 0. The monoisotopic (exact) mass is 475 g/mol. The Kier molecular flexibility index (Phi) is 15.2. The van der Waals surface area contributed by atoms with Crippen molar-refractivity contribution in [1.29, 1.82) is 0 Å². The summed E-state index contributed by atoms with van der Waals surface area (Å²) < 4.78 is 0. The van der Waals surface area contributed by atoms with E-state index in [-0.39, 0.29) is 51.0 Å². The van der Waals surface area contributed by atoms with Crippen LogP contribution in [0, 0.1) is 18.1 Å². The summed E-state index contributed by atoms with van der Waals surface area (Å²) in [5.74, 6) is 1.42. The Morgan fingerprint density at radius 3 is 1.37 bits per heavy atom. The van der Waals surface area contributed by atoms with Crippen LogP contribution < -0.4 is 24.8 Å². The number of fused-ring (bicyclic) bond motifs is 2. The molecule has 0 aliphatic heterocycles. The fourth-order valence-electron chi connectivity index (χ4n) is 2.75. The van der Waals surface area contributed by atoms with E-state index in [1.54, 1.807) is 0 Å². The summed E-state index contributed by atoms with van der Waals surface area (Å²) in [5, 5.41) is 0. The molecule has 0 N–H and O–H groups in total. The van der Waals surface area contributed by atoms with E-state index >= 15 is 0 Å². The van der Waals surface area contributed by atoms with Crippen LogP contribution in [0.1, 0.15) is 56.9 Å². The van der Waals surface area contributed by atoms with Gasteiger partial charge in [0.2, 0.25) is 0 Å². The van der Waals surface area contributed by atoms with Gasteiger partial charge in [-0.25, -0.2) is 0 Å². The number of allylic oxidation sites excluding steroid dienone is 4. The smallest absolute Gasteiger partial charge is 1.00 e. The molecule has 0 radical (unpaired) electrons. The molecular formula is C24H27Cl2Zr-3. The van der Waals surface area contributed by atoms with Crippen molar-refractivity contribution in [2.45, 2.75) is 47.5 Å². The summed E-state index contributed by atoms with van der Waals surface area (Å²) in [6.45, 7) is 10.5. The Bertz CT molecular complexity index is 681. The maximum Gasteiger partial charge on any atom is 2.00 e. The molecule has 2 aromatic rings. The van der Waals surface area contributed by atoms with Crippen molar-refractivity contribution in [2.24, 2.45) is 0 Å². The summed E-state index contributed by atoms with van der Waals surface area (Å²) in [7, 11) is 0. The molecule has 2 aliphatic rings. The van der Waals surface area contributed by atoms with Gasteiger partial charge in [-0.2, -0.15) is 20.8 Å². The Labute approximate surface area is 197 Å². The zero-order valence-electron chi connectivity index (χ0n) is 16.8. The molecule has 3 heteroatoms. The van der Waals surface area contributed by atoms with Crippen LogP contribution in [0.2, 0.25) is 0 Å². The molecule has 0 saturated carbocycles. The van der Waals surface area contributed by atoms with Crippen molar-refractivity contribution in [1.82, 2.24) is 0 Å². The first kappa shape index (κ1) is 28.6. The number of halogens is 2. The van der Waals surface area contributed by atoms with Crippen LogP contribution in [0.4, 0.5) is 0 Å². The normalized spacial score (nSPS) is 12.2. The van der Waals surface area contributed by atoms with E-state index in [2.05, 4.69) is 71.0 Å². The van der Waals surface area contributed by atoms with Gasteiger partial charge in [0.1, 0.15) is 0 Å². The third kappa shape index (κ3) is 8.95. The predicted molar refractivity (Wildman–Crippen MR) is 106 cm³/mol. The maximum atomic E-state index is 3.23. The van der Waals surface area contributed by atoms with E-state index in [0.29, 0.717) is 0 Å². The summed E-state index contributed by atoms with van der Waals surface area (Å²) in [5.41, 5.74) is 8.19. The first-order valence-corrected chi connectivity index (χ1v) is 8.59. The molecule has 0 spiro atoms. The van der Waals surface area contributed by atoms with Crippen LogP contribution in [-0.2, 0) is 39.0 Å². The SMILES string of the molecule is CC1=CCc2ccc[c-]c21.CC1=CCc2ccc[c-]c21.C[C-](C)C.[Cl-].[Cl-].[Zr+2]. The number of benzene rings is 2. The van der Waals surface area contributed by atoms with E-state index in [1.165, 1.54) is 39.3 Å². The molecule has 0 atom stereocenters. The second-order valence-electron chi connectivity index (χ2n) is 6.82.